The Bertz CT molecular complexity index is 2060. The quantitative estimate of drug-likeness (QED) is 0.0222. The molecule has 0 fully saturated rings. The molecule has 0 aliphatic carbocycles. The summed E-state index contributed by atoms with van der Waals surface area (Å²) >= 11 is 0. The van der Waals surface area contributed by atoms with Crippen LogP contribution in [0.1, 0.15) is 466 Å². The van der Waals surface area contributed by atoms with E-state index in [2.05, 4.69) is 48.5 Å². The topological polar surface area (TPSA) is 237 Å². The first-order valence-corrected chi connectivity index (χ1v) is 48.4. The molecule has 0 rings (SSSR count). The Balaban J connectivity index is 5.24. The van der Waals surface area contributed by atoms with Crippen molar-refractivity contribution in [1.82, 2.24) is 0 Å². The van der Waals surface area contributed by atoms with Gasteiger partial charge in [-0.1, -0.05) is 414 Å². The third-order valence-electron chi connectivity index (χ3n) is 21.0. The lowest BCUT2D eigenvalue weighted by atomic mass is 9.99. The van der Waals surface area contributed by atoms with Crippen LogP contribution in [0.4, 0.5) is 0 Å². The molecule has 0 saturated heterocycles. The summed E-state index contributed by atoms with van der Waals surface area (Å²) in [5, 5.41) is 10.7. The third kappa shape index (κ3) is 80.5. The van der Waals surface area contributed by atoms with Crippen molar-refractivity contribution in [3.63, 3.8) is 0 Å². The molecule has 0 aromatic heterocycles. The molecule has 0 aromatic rings. The molecular weight excluding hydrogens is 1390 g/mol. The van der Waals surface area contributed by atoms with Crippen molar-refractivity contribution in [3.05, 3.63) is 0 Å². The van der Waals surface area contributed by atoms with Gasteiger partial charge in [0, 0.05) is 25.7 Å². The number of carbonyl (C=O) groups is 4. The van der Waals surface area contributed by atoms with E-state index in [4.69, 9.17) is 37.0 Å². The Hall–Kier alpha value is -1.94. The van der Waals surface area contributed by atoms with Gasteiger partial charge in [-0.2, -0.15) is 0 Å². The average molecular weight is 1560 g/mol. The molecule has 0 radical (unpaired) electrons. The second kappa shape index (κ2) is 78.0. The van der Waals surface area contributed by atoms with E-state index in [0.717, 1.165) is 108 Å². The van der Waals surface area contributed by atoms with Gasteiger partial charge in [0.25, 0.3) is 0 Å². The molecule has 17 nitrogen and oxygen atoms in total. The highest BCUT2D eigenvalue weighted by Gasteiger charge is 2.31. The van der Waals surface area contributed by atoms with E-state index in [1.807, 2.05) is 0 Å². The first-order chi connectivity index (χ1) is 51.8. The van der Waals surface area contributed by atoms with E-state index >= 15 is 0 Å². The summed E-state index contributed by atoms with van der Waals surface area (Å²) in [6.07, 6.45) is 69.4. The average Bonchev–Trinajstić information content (AvgIpc) is 0.912. The zero-order chi connectivity index (χ0) is 78.6. The predicted molar refractivity (Wildman–Crippen MR) is 441 cm³/mol. The van der Waals surface area contributed by atoms with Crippen molar-refractivity contribution in [2.45, 2.75) is 484 Å². The Labute approximate surface area is 658 Å². The first-order valence-electron chi connectivity index (χ1n) is 45.4. The minimum absolute atomic E-state index is 0.108. The minimum atomic E-state index is -4.97. The maximum Gasteiger partial charge on any atom is 0.472 e. The molecular formula is C88H172O17P2. The number of phosphoric ester groups is 2. The molecule has 0 aliphatic heterocycles. The van der Waals surface area contributed by atoms with E-state index < -0.39 is 97.5 Å². The normalized spacial score (nSPS) is 14.1. The van der Waals surface area contributed by atoms with Crippen LogP contribution in [0.15, 0.2) is 0 Å². The number of ether oxygens (including phenoxy) is 4. The van der Waals surface area contributed by atoms with Gasteiger partial charge in [-0.15, -0.1) is 0 Å². The molecule has 3 N–H and O–H groups in total. The van der Waals surface area contributed by atoms with Gasteiger partial charge in [-0.05, 0) is 43.4 Å². The lowest BCUT2D eigenvalue weighted by Crippen LogP contribution is -2.30. The van der Waals surface area contributed by atoms with E-state index in [-0.39, 0.29) is 25.7 Å². The number of hydrogen-bond acceptors (Lipinski definition) is 15. The molecule has 0 aromatic carbocycles. The van der Waals surface area contributed by atoms with Crippen LogP contribution in [0, 0.1) is 17.8 Å². The number of rotatable bonds is 86. The zero-order valence-electron chi connectivity index (χ0n) is 70.6. The molecule has 0 bridgehead atoms. The zero-order valence-corrected chi connectivity index (χ0v) is 72.4. The van der Waals surface area contributed by atoms with Crippen molar-refractivity contribution in [2.24, 2.45) is 17.8 Å². The van der Waals surface area contributed by atoms with Crippen molar-refractivity contribution < 1.29 is 80.2 Å². The summed E-state index contributed by atoms with van der Waals surface area (Å²) < 4.78 is 69.0. The van der Waals surface area contributed by atoms with Crippen molar-refractivity contribution in [3.8, 4) is 0 Å². The molecule has 107 heavy (non-hydrogen) atoms. The molecule has 0 aliphatic rings. The highest BCUT2D eigenvalue weighted by atomic mass is 31.2. The number of aliphatic hydroxyl groups excluding tert-OH is 1. The first kappa shape index (κ1) is 105. The number of aliphatic hydroxyl groups is 1. The number of hydrogen-bond donors (Lipinski definition) is 3. The molecule has 636 valence electrons. The summed E-state index contributed by atoms with van der Waals surface area (Å²) in [5.74, 6) is 0.295. The van der Waals surface area contributed by atoms with Crippen molar-refractivity contribution in [2.75, 3.05) is 39.6 Å². The van der Waals surface area contributed by atoms with Crippen LogP contribution in [0.5, 0.6) is 0 Å². The van der Waals surface area contributed by atoms with Gasteiger partial charge in [0.1, 0.15) is 19.3 Å². The Kier molecular flexibility index (Phi) is 76.6. The maximum absolute atomic E-state index is 13.2. The number of unbranched alkanes of at least 4 members (excludes halogenated alkanes) is 53. The smallest absolute Gasteiger partial charge is 0.462 e. The fourth-order valence-electron chi connectivity index (χ4n) is 13.7. The van der Waals surface area contributed by atoms with Gasteiger partial charge >= 0.3 is 39.5 Å². The van der Waals surface area contributed by atoms with Crippen LogP contribution in [-0.4, -0.2) is 96.7 Å². The Morgan fingerprint density at radius 2 is 0.477 bits per heavy atom. The number of esters is 4. The van der Waals surface area contributed by atoms with Gasteiger partial charge < -0.3 is 33.8 Å². The van der Waals surface area contributed by atoms with Crippen LogP contribution >= 0.6 is 15.6 Å². The Morgan fingerprint density at radius 1 is 0.271 bits per heavy atom. The Morgan fingerprint density at radius 3 is 0.710 bits per heavy atom. The highest BCUT2D eigenvalue weighted by Crippen LogP contribution is 2.45. The summed E-state index contributed by atoms with van der Waals surface area (Å²) in [4.78, 5) is 73.3. The lowest BCUT2D eigenvalue weighted by molar-refractivity contribution is -0.161. The molecule has 6 atom stereocenters. The van der Waals surface area contributed by atoms with Crippen molar-refractivity contribution >= 4 is 39.5 Å². The molecule has 0 spiro atoms. The molecule has 0 saturated carbocycles. The van der Waals surface area contributed by atoms with Gasteiger partial charge in [-0.3, -0.25) is 37.3 Å². The molecule has 19 heteroatoms. The molecule has 3 unspecified atom stereocenters. The predicted octanol–water partition coefficient (Wildman–Crippen LogP) is 26.9. The lowest BCUT2D eigenvalue weighted by Gasteiger charge is -2.21. The van der Waals surface area contributed by atoms with Crippen LogP contribution in [-0.2, 0) is 65.4 Å². The minimum Gasteiger partial charge on any atom is -0.462 e. The van der Waals surface area contributed by atoms with Gasteiger partial charge in [0.05, 0.1) is 26.4 Å². The maximum atomic E-state index is 13.2. The van der Waals surface area contributed by atoms with Crippen LogP contribution < -0.4 is 0 Å². The monoisotopic (exact) mass is 1560 g/mol. The van der Waals surface area contributed by atoms with Crippen molar-refractivity contribution in [1.29, 1.82) is 0 Å². The summed E-state index contributed by atoms with van der Waals surface area (Å²) in [6.45, 7) is 12.0. The van der Waals surface area contributed by atoms with Crippen LogP contribution in [0.2, 0.25) is 0 Å². The van der Waals surface area contributed by atoms with Crippen LogP contribution in [0.3, 0.4) is 0 Å². The van der Waals surface area contributed by atoms with Gasteiger partial charge in [0.2, 0.25) is 0 Å². The van der Waals surface area contributed by atoms with E-state index in [0.29, 0.717) is 25.7 Å². The SMILES string of the molecule is CCCCCCCCCCCCCCCCCCCC(=O)O[C@H](COC(=O)CCCCCCCCCCC(C)C)COP(=O)(O)OC[C@H](O)COP(=O)(O)OC[C@@H](COC(=O)CCCCCCCCCCCCCCCCC(C)C)OC(=O)CCCCCCCCCCCCCCCCCCCCC(C)CC. The largest absolute Gasteiger partial charge is 0.472 e. The number of phosphoric acid groups is 2. The second-order valence-corrected chi connectivity index (χ2v) is 35.7. The third-order valence-corrected chi connectivity index (χ3v) is 22.9. The van der Waals surface area contributed by atoms with Crippen LogP contribution in [0.25, 0.3) is 0 Å². The molecule has 0 heterocycles. The second-order valence-electron chi connectivity index (χ2n) is 32.8. The fraction of sp³-hybridized carbons (Fsp3) is 0.955. The standard InChI is InChI=1S/C88H172O17P2/c1-8-10-11-12-13-14-15-16-17-20-24-31-36-41-50-57-64-72-88(93)105-84(76-99-86(91)70-63-56-49-44-43-46-53-60-67-80(5)6)78-103-107(96,97)101-74-82(89)73-100-106(94,95)102-77-83(75-98-85(90)69-62-55-48-40-35-30-27-26-28-33-38-45-52-59-66-79(3)4)104-87(92)71-65-58-51-42-37-32-25-22-19-18-21-23-29-34-39-47-54-61-68-81(7)9-2/h79-84,89H,8-78H2,1-7H3,(H,94,95)(H,96,97)/t81?,82-,83-,84-/m1/s1. The summed E-state index contributed by atoms with van der Waals surface area (Å²) in [6, 6.07) is 0. The number of carbonyl (C=O) groups excluding carboxylic acids is 4. The van der Waals surface area contributed by atoms with Gasteiger partial charge in [-0.25, -0.2) is 9.13 Å². The molecule has 0 amide bonds. The summed E-state index contributed by atoms with van der Waals surface area (Å²) in [5.41, 5.74) is 0. The summed E-state index contributed by atoms with van der Waals surface area (Å²) in [7, 11) is -9.93. The van der Waals surface area contributed by atoms with E-state index in [9.17, 15) is 43.2 Å². The van der Waals surface area contributed by atoms with Gasteiger partial charge in [0.15, 0.2) is 12.2 Å². The fourth-order valence-corrected chi connectivity index (χ4v) is 15.3. The highest BCUT2D eigenvalue weighted by molar-refractivity contribution is 7.47. The van der Waals surface area contributed by atoms with E-state index in [1.54, 1.807) is 0 Å². The van der Waals surface area contributed by atoms with E-state index in [1.165, 1.54) is 276 Å².